The molecule has 1 amide bonds. The third kappa shape index (κ3) is 4.48. The van der Waals surface area contributed by atoms with Gasteiger partial charge in [-0.1, -0.05) is 11.6 Å². The zero-order valence-electron chi connectivity index (χ0n) is 12.2. The first-order chi connectivity index (χ1) is 10.2. The van der Waals surface area contributed by atoms with E-state index in [0.717, 1.165) is 25.9 Å². The summed E-state index contributed by atoms with van der Waals surface area (Å²) in [7, 11) is 0. The fourth-order valence-electron chi connectivity index (χ4n) is 2.61. The van der Waals surface area contributed by atoms with Crippen LogP contribution in [-0.2, 0) is 6.54 Å². The molecule has 8 heteroatoms. The molecule has 0 aromatic carbocycles. The summed E-state index contributed by atoms with van der Waals surface area (Å²) >= 11 is 0. The average molecular weight is 296 g/mol. The number of carbonyl (C=O) groups excluding carboxylic acids is 1. The van der Waals surface area contributed by atoms with Crippen molar-refractivity contribution in [2.45, 2.75) is 31.8 Å². The highest BCUT2D eigenvalue weighted by Crippen LogP contribution is 2.15. The second-order valence-corrected chi connectivity index (χ2v) is 5.28. The van der Waals surface area contributed by atoms with Crippen LogP contribution in [0.5, 0.6) is 0 Å². The molecule has 1 aliphatic heterocycles. The van der Waals surface area contributed by atoms with Crippen molar-refractivity contribution in [2.75, 3.05) is 32.8 Å². The lowest BCUT2D eigenvalue weighted by molar-refractivity contribution is 0.0847. The van der Waals surface area contributed by atoms with Gasteiger partial charge in [-0.3, -0.25) is 14.4 Å². The van der Waals surface area contributed by atoms with Crippen molar-refractivity contribution in [2.24, 2.45) is 5.73 Å². The molecule has 0 unspecified atom stereocenters. The Morgan fingerprint density at radius 1 is 1.48 bits per heavy atom. The van der Waals surface area contributed by atoms with Crippen molar-refractivity contribution in [3.63, 3.8) is 0 Å². The van der Waals surface area contributed by atoms with Crippen molar-refractivity contribution >= 4 is 5.91 Å². The lowest BCUT2D eigenvalue weighted by Crippen LogP contribution is -2.45. The van der Waals surface area contributed by atoms with Gasteiger partial charge < -0.3 is 16.2 Å². The SMILES string of the molecule is NCCn1cc(C(=O)NCCN2CCCC[C@H]2CO)nn1. The number of aromatic nitrogens is 3. The summed E-state index contributed by atoms with van der Waals surface area (Å²) in [4.78, 5) is 14.2. The number of rotatable bonds is 7. The molecule has 1 aromatic rings. The van der Waals surface area contributed by atoms with E-state index < -0.39 is 0 Å². The smallest absolute Gasteiger partial charge is 0.273 e. The minimum atomic E-state index is -0.226. The molecule has 4 N–H and O–H groups in total. The van der Waals surface area contributed by atoms with Gasteiger partial charge in [0.05, 0.1) is 19.3 Å². The fraction of sp³-hybridized carbons (Fsp3) is 0.769. The molecule has 0 radical (unpaired) electrons. The summed E-state index contributed by atoms with van der Waals surface area (Å²) in [5.41, 5.74) is 5.73. The summed E-state index contributed by atoms with van der Waals surface area (Å²) < 4.78 is 1.56. The van der Waals surface area contributed by atoms with Gasteiger partial charge in [0.25, 0.3) is 5.91 Å². The van der Waals surface area contributed by atoms with E-state index in [-0.39, 0.29) is 18.6 Å². The van der Waals surface area contributed by atoms with Crippen LogP contribution in [0.2, 0.25) is 0 Å². The first kappa shape index (κ1) is 15.9. The summed E-state index contributed by atoms with van der Waals surface area (Å²) in [6, 6.07) is 0.223. The van der Waals surface area contributed by atoms with E-state index in [9.17, 15) is 9.90 Å². The number of likely N-dealkylation sites (tertiary alicyclic amines) is 1. The van der Waals surface area contributed by atoms with Crippen molar-refractivity contribution in [1.29, 1.82) is 0 Å². The Balaban J connectivity index is 1.75. The molecular formula is C13H24N6O2. The lowest BCUT2D eigenvalue weighted by atomic mass is 10.0. The maximum absolute atomic E-state index is 11.9. The molecule has 0 spiro atoms. The van der Waals surface area contributed by atoms with Gasteiger partial charge in [-0.2, -0.15) is 0 Å². The zero-order valence-corrected chi connectivity index (χ0v) is 12.2. The van der Waals surface area contributed by atoms with Crippen molar-refractivity contribution in [1.82, 2.24) is 25.2 Å². The molecule has 2 rings (SSSR count). The van der Waals surface area contributed by atoms with Gasteiger partial charge >= 0.3 is 0 Å². The highest BCUT2D eigenvalue weighted by Gasteiger charge is 2.21. The molecule has 0 bridgehead atoms. The molecule has 1 atom stereocenters. The van der Waals surface area contributed by atoms with Gasteiger partial charge in [-0.15, -0.1) is 5.10 Å². The first-order valence-corrected chi connectivity index (χ1v) is 7.48. The number of carbonyl (C=O) groups is 1. The molecule has 1 aromatic heterocycles. The number of piperidine rings is 1. The highest BCUT2D eigenvalue weighted by molar-refractivity contribution is 5.91. The van der Waals surface area contributed by atoms with Gasteiger partial charge in [0.1, 0.15) is 0 Å². The van der Waals surface area contributed by atoms with Crippen molar-refractivity contribution < 1.29 is 9.90 Å². The molecule has 118 valence electrons. The van der Waals surface area contributed by atoms with Gasteiger partial charge in [0.2, 0.25) is 0 Å². The molecule has 1 saturated heterocycles. The minimum absolute atomic E-state index is 0.182. The first-order valence-electron chi connectivity index (χ1n) is 7.48. The molecule has 1 fully saturated rings. The quantitative estimate of drug-likeness (QED) is 0.584. The van der Waals surface area contributed by atoms with Gasteiger partial charge in [0.15, 0.2) is 5.69 Å². The van der Waals surface area contributed by atoms with E-state index >= 15 is 0 Å². The standard InChI is InChI=1S/C13H24N6O2/c14-4-7-19-9-12(16-17-19)13(21)15-5-8-18-6-2-1-3-11(18)10-20/h9,11,20H,1-8,10,14H2,(H,15,21)/t11-/m0/s1. The van der Waals surface area contributed by atoms with E-state index in [1.807, 2.05) is 0 Å². The van der Waals surface area contributed by atoms with E-state index in [2.05, 4.69) is 20.5 Å². The molecule has 21 heavy (non-hydrogen) atoms. The Labute approximate surface area is 124 Å². The van der Waals surface area contributed by atoms with Gasteiger partial charge in [-0.25, -0.2) is 0 Å². The van der Waals surface area contributed by atoms with E-state index in [4.69, 9.17) is 5.73 Å². The summed E-state index contributed by atoms with van der Waals surface area (Å²) in [5.74, 6) is -0.226. The molecule has 2 heterocycles. The van der Waals surface area contributed by atoms with Gasteiger partial charge in [-0.05, 0) is 19.4 Å². The summed E-state index contributed by atoms with van der Waals surface area (Å²) in [6.45, 7) is 3.45. The number of aliphatic hydroxyl groups excluding tert-OH is 1. The predicted octanol–water partition coefficient (Wildman–Crippen LogP) is -1.19. The Morgan fingerprint density at radius 3 is 3.10 bits per heavy atom. The van der Waals surface area contributed by atoms with E-state index in [0.29, 0.717) is 25.3 Å². The summed E-state index contributed by atoms with van der Waals surface area (Å²) in [5, 5.41) is 19.8. The number of nitrogens with zero attached hydrogens (tertiary/aromatic N) is 4. The van der Waals surface area contributed by atoms with E-state index in [1.165, 1.54) is 6.42 Å². The maximum Gasteiger partial charge on any atom is 0.273 e. The minimum Gasteiger partial charge on any atom is -0.395 e. The lowest BCUT2D eigenvalue weighted by Gasteiger charge is -2.34. The van der Waals surface area contributed by atoms with E-state index in [1.54, 1.807) is 10.9 Å². The maximum atomic E-state index is 11.9. The topological polar surface area (TPSA) is 109 Å². The fourth-order valence-corrected chi connectivity index (χ4v) is 2.61. The molecular weight excluding hydrogens is 272 g/mol. The number of nitrogens with two attached hydrogens (primary N) is 1. The van der Waals surface area contributed by atoms with Crippen LogP contribution in [0.15, 0.2) is 6.20 Å². The second-order valence-electron chi connectivity index (χ2n) is 5.28. The molecule has 0 saturated carbocycles. The Hall–Kier alpha value is -1.51. The predicted molar refractivity (Wildman–Crippen MR) is 77.7 cm³/mol. The molecule has 8 nitrogen and oxygen atoms in total. The van der Waals surface area contributed by atoms with Crippen LogP contribution in [-0.4, -0.2) is 69.7 Å². The van der Waals surface area contributed by atoms with Crippen LogP contribution >= 0.6 is 0 Å². The Bertz CT molecular complexity index is 450. The molecule has 1 aliphatic rings. The Morgan fingerprint density at radius 2 is 2.33 bits per heavy atom. The zero-order chi connectivity index (χ0) is 15.1. The Kier molecular flexibility index (Phi) is 6.09. The van der Waals surface area contributed by atoms with Crippen LogP contribution < -0.4 is 11.1 Å². The van der Waals surface area contributed by atoms with Crippen LogP contribution in [0, 0.1) is 0 Å². The molecule has 0 aliphatic carbocycles. The number of amides is 1. The van der Waals surface area contributed by atoms with Crippen LogP contribution in [0.4, 0.5) is 0 Å². The van der Waals surface area contributed by atoms with Crippen molar-refractivity contribution in [3.8, 4) is 0 Å². The van der Waals surface area contributed by atoms with Crippen molar-refractivity contribution in [3.05, 3.63) is 11.9 Å². The summed E-state index contributed by atoms with van der Waals surface area (Å²) in [6.07, 6.45) is 4.94. The monoisotopic (exact) mass is 296 g/mol. The van der Waals surface area contributed by atoms with Gasteiger partial charge in [0, 0.05) is 25.7 Å². The average Bonchev–Trinajstić information content (AvgIpc) is 2.97. The normalized spacial score (nSPS) is 19.6. The third-order valence-electron chi connectivity index (χ3n) is 3.77. The van der Waals surface area contributed by atoms with Crippen LogP contribution in [0.25, 0.3) is 0 Å². The van der Waals surface area contributed by atoms with Crippen LogP contribution in [0.1, 0.15) is 29.8 Å². The second kappa shape index (κ2) is 8.06. The number of aliphatic hydroxyl groups is 1. The number of hydrogen-bond acceptors (Lipinski definition) is 6. The largest absolute Gasteiger partial charge is 0.395 e. The van der Waals surface area contributed by atoms with Crippen LogP contribution in [0.3, 0.4) is 0 Å². The third-order valence-corrected chi connectivity index (χ3v) is 3.77. The number of hydrogen-bond donors (Lipinski definition) is 3. The highest BCUT2D eigenvalue weighted by atomic mass is 16.3. The number of nitrogens with one attached hydrogen (secondary N) is 1.